The monoisotopic (exact) mass is 110 g/mol. The van der Waals surface area contributed by atoms with Gasteiger partial charge in [-0.15, -0.1) is 0 Å². The predicted molar refractivity (Wildman–Crippen MR) is 36.7 cm³/mol. The maximum atomic E-state index is 6.58. The van der Waals surface area contributed by atoms with Crippen molar-refractivity contribution in [3.05, 3.63) is 12.7 Å². The first-order chi connectivity index (χ1) is 3.85. The minimum atomic E-state index is 0.846. The highest BCUT2D eigenvalue weighted by Gasteiger charge is 1.81. The van der Waals surface area contributed by atoms with Crippen molar-refractivity contribution in [2.45, 2.75) is 13.3 Å². The van der Waals surface area contributed by atoms with Crippen LogP contribution in [-0.4, -0.2) is 12.1 Å². The second-order valence-corrected chi connectivity index (χ2v) is 1.31. The van der Waals surface area contributed by atoms with Gasteiger partial charge < -0.3 is 0 Å². The number of nitrogens with one attached hydrogen (secondary N) is 1. The topological polar surface area (TPSA) is 36.2 Å². The van der Waals surface area contributed by atoms with Crippen LogP contribution in [-0.2, 0) is 0 Å². The Labute approximate surface area is 49.5 Å². The first-order valence-electron chi connectivity index (χ1n) is 2.53. The smallest absolute Gasteiger partial charge is 0.107 e. The SMILES string of the molecule is C=CC(CC)=NC=N. The predicted octanol–water partition coefficient (Wildman–Crippen LogP) is 1.63. The van der Waals surface area contributed by atoms with Gasteiger partial charge in [0, 0.05) is 5.71 Å². The van der Waals surface area contributed by atoms with E-state index >= 15 is 0 Å². The fraction of sp³-hybridized carbons (Fsp3) is 0.333. The first-order valence-corrected chi connectivity index (χ1v) is 2.53. The molecule has 0 saturated heterocycles. The summed E-state index contributed by atoms with van der Waals surface area (Å²) in [6, 6.07) is 0. The number of aliphatic imine (C=N–C) groups is 1. The van der Waals surface area contributed by atoms with E-state index in [1.807, 2.05) is 6.92 Å². The van der Waals surface area contributed by atoms with Crippen molar-refractivity contribution in [1.82, 2.24) is 0 Å². The third-order valence-electron chi connectivity index (χ3n) is 0.828. The van der Waals surface area contributed by atoms with Gasteiger partial charge in [0.25, 0.3) is 0 Å². The van der Waals surface area contributed by atoms with E-state index in [1.54, 1.807) is 6.08 Å². The summed E-state index contributed by atoms with van der Waals surface area (Å²) in [5.41, 5.74) is 0.861. The van der Waals surface area contributed by atoms with E-state index in [9.17, 15) is 0 Å². The van der Waals surface area contributed by atoms with Crippen molar-refractivity contribution < 1.29 is 0 Å². The Hall–Kier alpha value is -0.920. The van der Waals surface area contributed by atoms with Crippen molar-refractivity contribution in [2.75, 3.05) is 0 Å². The van der Waals surface area contributed by atoms with Gasteiger partial charge in [-0.25, -0.2) is 4.99 Å². The molecule has 2 nitrogen and oxygen atoms in total. The summed E-state index contributed by atoms with van der Waals surface area (Å²) in [6.07, 6.45) is 3.53. The Kier molecular flexibility index (Phi) is 3.76. The van der Waals surface area contributed by atoms with Crippen LogP contribution in [0.1, 0.15) is 13.3 Å². The van der Waals surface area contributed by atoms with Gasteiger partial charge in [-0.3, -0.25) is 5.41 Å². The van der Waals surface area contributed by atoms with Crippen molar-refractivity contribution in [1.29, 1.82) is 5.41 Å². The van der Waals surface area contributed by atoms with Crippen molar-refractivity contribution in [2.24, 2.45) is 4.99 Å². The maximum absolute atomic E-state index is 6.58. The minimum absolute atomic E-state index is 0.846. The molecule has 0 unspecified atom stereocenters. The van der Waals surface area contributed by atoms with Gasteiger partial charge in [0.2, 0.25) is 0 Å². The summed E-state index contributed by atoms with van der Waals surface area (Å²) in [4.78, 5) is 3.70. The molecule has 0 aliphatic heterocycles. The van der Waals surface area contributed by atoms with Gasteiger partial charge >= 0.3 is 0 Å². The second kappa shape index (κ2) is 4.24. The molecule has 0 fully saturated rings. The van der Waals surface area contributed by atoms with Crippen LogP contribution >= 0.6 is 0 Å². The van der Waals surface area contributed by atoms with Crippen LogP contribution in [0.2, 0.25) is 0 Å². The van der Waals surface area contributed by atoms with Gasteiger partial charge in [0.05, 0.1) is 0 Å². The lowest BCUT2D eigenvalue weighted by Crippen LogP contribution is -1.87. The molecular weight excluding hydrogens is 100 g/mol. The number of nitrogens with zero attached hydrogens (tertiary/aromatic N) is 1. The van der Waals surface area contributed by atoms with E-state index in [1.165, 1.54) is 0 Å². The molecule has 0 aromatic rings. The number of hydrogen-bond donors (Lipinski definition) is 1. The Morgan fingerprint density at radius 2 is 2.50 bits per heavy atom. The minimum Gasteiger partial charge on any atom is -0.290 e. The Morgan fingerprint density at radius 3 is 2.62 bits per heavy atom. The molecule has 8 heavy (non-hydrogen) atoms. The number of hydrogen-bond acceptors (Lipinski definition) is 1. The molecular formula is C6H10N2. The van der Waals surface area contributed by atoms with E-state index < -0.39 is 0 Å². The average Bonchev–Trinajstić information content (AvgIpc) is 1.83. The normalized spacial score (nSPS) is 10.9. The lowest BCUT2D eigenvalue weighted by atomic mass is 10.3. The van der Waals surface area contributed by atoms with Gasteiger partial charge in [-0.1, -0.05) is 13.5 Å². The van der Waals surface area contributed by atoms with Crippen LogP contribution in [0.3, 0.4) is 0 Å². The van der Waals surface area contributed by atoms with Gasteiger partial charge in [-0.2, -0.15) is 0 Å². The van der Waals surface area contributed by atoms with Gasteiger partial charge in [0.15, 0.2) is 0 Å². The second-order valence-electron chi connectivity index (χ2n) is 1.31. The summed E-state index contributed by atoms with van der Waals surface area (Å²) in [5.74, 6) is 0. The lowest BCUT2D eigenvalue weighted by Gasteiger charge is -1.87. The summed E-state index contributed by atoms with van der Waals surface area (Å²) in [6.45, 7) is 5.49. The molecule has 0 amide bonds. The summed E-state index contributed by atoms with van der Waals surface area (Å²) >= 11 is 0. The molecule has 0 aliphatic rings. The molecule has 0 saturated carbocycles. The molecule has 0 bridgehead atoms. The lowest BCUT2D eigenvalue weighted by molar-refractivity contribution is 1.29. The molecule has 0 heterocycles. The highest BCUT2D eigenvalue weighted by Crippen LogP contribution is 1.83. The Morgan fingerprint density at radius 1 is 1.88 bits per heavy atom. The fourth-order valence-corrected chi connectivity index (χ4v) is 0.371. The van der Waals surface area contributed by atoms with Crippen molar-refractivity contribution in [3.8, 4) is 0 Å². The fourth-order valence-electron chi connectivity index (χ4n) is 0.371. The zero-order valence-electron chi connectivity index (χ0n) is 5.02. The number of rotatable bonds is 3. The van der Waals surface area contributed by atoms with E-state index in [2.05, 4.69) is 11.6 Å². The maximum Gasteiger partial charge on any atom is 0.107 e. The van der Waals surface area contributed by atoms with Crippen molar-refractivity contribution >= 4 is 12.1 Å². The van der Waals surface area contributed by atoms with Crippen LogP contribution in [0.4, 0.5) is 0 Å². The van der Waals surface area contributed by atoms with Crippen LogP contribution in [0.25, 0.3) is 0 Å². The summed E-state index contributed by atoms with van der Waals surface area (Å²) in [5, 5.41) is 6.58. The zero-order chi connectivity index (χ0) is 6.41. The van der Waals surface area contributed by atoms with Gasteiger partial charge in [-0.05, 0) is 12.5 Å². The molecule has 0 aromatic heterocycles. The standard InChI is InChI=1S/C6H10N2/c1-3-6(4-2)8-5-7/h3,5,7H,1,4H2,2H3. The van der Waals surface area contributed by atoms with Crippen LogP contribution in [0, 0.1) is 5.41 Å². The Bertz CT molecular complexity index is 114. The van der Waals surface area contributed by atoms with E-state index in [0.717, 1.165) is 18.5 Å². The molecule has 2 heteroatoms. The molecule has 0 aromatic carbocycles. The van der Waals surface area contributed by atoms with Crippen LogP contribution in [0.15, 0.2) is 17.6 Å². The molecule has 0 atom stereocenters. The number of allylic oxidation sites excluding steroid dienone is 1. The highest BCUT2D eigenvalue weighted by molar-refractivity contribution is 5.98. The molecule has 1 N–H and O–H groups in total. The Balaban J connectivity index is 3.84. The van der Waals surface area contributed by atoms with Crippen molar-refractivity contribution in [3.63, 3.8) is 0 Å². The summed E-state index contributed by atoms with van der Waals surface area (Å²) < 4.78 is 0. The molecule has 0 radical (unpaired) electrons. The van der Waals surface area contributed by atoms with Gasteiger partial charge in [0.1, 0.15) is 6.34 Å². The molecule has 0 aliphatic carbocycles. The molecule has 0 spiro atoms. The molecule has 44 valence electrons. The molecule has 0 rings (SSSR count). The third kappa shape index (κ3) is 2.29. The zero-order valence-corrected chi connectivity index (χ0v) is 5.02. The quantitative estimate of drug-likeness (QED) is 0.423. The average molecular weight is 110 g/mol. The van der Waals surface area contributed by atoms with E-state index in [-0.39, 0.29) is 0 Å². The van der Waals surface area contributed by atoms with E-state index in [0.29, 0.717) is 0 Å². The highest BCUT2D eigenvalue weighted by atomic mass is 14.8. The largest absolute Gasteiger partial charge is 0.290 e. The summed E-state index contributed by atoms with van der Waals surface area (Å²) in [7, 11) is 0. The van der Waals surface area contributed by atoms with Crippen LogP contribution in [0.5, 0.6) is 0 Å². The third-order valence-corrected chi connectivity index (χ3v) is 0.828. The van der Waals surface area contributed by atoms with E-state index in [4.69, 9.17) is 5.41 Å². The first kappa shape index (κ1) is 7.08. The van der Waals surface area contributed by atoms with Crippen LogP contribution < -0.4 is 0 Å².